The molecule has 0 unspecified atom stereocenters. The van der Waals surface area contributed by atoms with Crippen LogP contribution in [0, 0.1) is 11.8 Å². The van der Waals surface area contributed by atoms with Crippen LogP contribution in [0.4, 0.5) is 0 Å². The average molecular weight is 250 g/mol. The normalized spacial score (nSPS) is 10.1. The lowest BCUT2D eigenvalue weighted by atomic mass is 10.0. The van der Waals surface area contributed by atoms with Crippen LogP contribution in [-0.2, 0) is 0 Å². The summed E-state index contributed by atoms with van der Waals surface area (Å²) in [6, 6.07) is 0. The monoisotopic (exact) mass is 250 g/mol. The molecule has 0 heteroatoms. The molecule has 0 heterocycles. The molecule has 0 amide bonds. The Bertz CT molecular complexity index is 194. The van der Waals surface area contributed by atoms with Crippen molar-refractivity contribution in [2.75, 3.05) is 0 Å². The van der Waals surface area contributed by atoms with Crippen molar-refractivity contribution in [1.82, 2.24) is 0 Å². The van der Waals surface area contributed by atoms with E-state index in [1.54, 1.807) is 0 Å². The van der Waals surface area contributed by atoms with Crippen LogP contribution in [-0.4, -0.2) is 0 Å². The molecule has 0 aromatic rings. The lowest BCUT2D eigenvalue weighted by Crippen LogP contribution is -1.82. The summed E-state index contributed by atoms with van der Waals surface area (Å²) in [7, 11) is 0. The van der Waals surface area contributed by atoms with E-state index in [0.717, 1.165) is 6.42 Å². The number of unbranched alkanes of at least 4 members (excludes halogenated alkanes) is 13. The summed E-state index contributed by atoms with van der Waals surface area (Å²) in [5, 5.41) is 0. The minimum absolute atomic E-state index is 1.11. The highest BCUT2D eigenvalue weighted by atomic mass is 14.0. The van der Waals surface area contributed by atoms with Gasteiger partial charge in [0.2, 0.25) is 0 Å². The maximum Gasteiger partial charge on any atom is 0.00885 e. The van der Waals surface area contributed by atoms with Crippen molar-refractivity contribution in [2.24, 2.45) is 0 Å². The van der Waals surface area contributed by atoms with Crippen LogP contribution in [0.1, 0.15) is 104 Å². The van der Waals surface area contributed by atoms with E-state index >= 15 is 0 Å². The minimum Gasteiger partial charge on any atom is -0.107 e. The Morgan fingerprint density at radius 3 is 1.33 bits per heavy atom. The molecule has 0 N–H and O–H groups in total. The van der Waals surface area contributed by atoms with Gasteiger partial charge in [-0.1, -0.05) is 84.0 Å². The highest BCUT2D eigenvalue weighted by molar-refractivity contribution is 4.94. The minimum atomic E-state index is 1.11. The molecule has 0 aromatic heterocycles. The van der Waals surface area contributed by atoms with Crippen LogP contribution < -0.4 is 0 Å². The van der Waals surface area contributed by atoms with Gasteiger partial charge in [-0.2, -0.15) is 0 Å². The topological polar surface area (TPSA) is 0 Å². The van der Waals surface area contributed by atoms with Crippen LogP contribution in [0.25, 0.3) is 0 Å². The van der Waals surface area contributed by atoms with Gasteiger partial charge in [0, 0.05) is 6.42 Å². The van der Waals surface area contributed by atoms with E-state index in [1.165, 1.54) is 83.5 Å². The Kier molecular flexibility index (Phi) is 16.2. The molecule has 0 bridgehead atoms. The predicted molar refractivity (Wildman–Crippen MR) is 83.8 cm³/mol. The highest BCUT2D eigenvalue weighted by Gasteiger charge is 1.93. The van der Waals surface area contributed by atoms with Gasteiger partial charge in [0.1, 0.15) is 0 Å². The smallest absolute Gasteiger partial charge is 0.00885 e. The van der Waals surface area contributed by atoms with E-state index in [2.05, 4.69) is 18.8 Å². The second-order valence-electron chi connectivity index (χ2n) is 5.42. The van der Waals surface area contributed by atoms with Gasteiger partial charge in [-0.15, -0.1) is 11.8 Å². The van der Waals surface area contributed by atoms with Gasteiger partial charge < -0.3 is 0 Å². The van der Waals surface area contributed by atoms with E-state index in [1.807, 2.05) is 6.92 Å². The van der Waals surface area contributed by atoms with Gasteiger partial charge in [-0.25, -0.2) is 0 Å². The van der Waals surface area contributed by atoms with Gasteiger partial charge in [-0.3, -0.25) is 0 Å². The van der Waals surface area contributed by atoms with Gasteiger partial charge >= 0.3 is 0 Å². The maximum atomic E-state index is 3.14. The van der Waals surface area contributed by atoms with Gasteiger partial charge in [0.25, 0.3) is 0 Å². The second-order valence-corrected chi connectivity index (χ2v) is 5.42. The van der Waals surface area contributed by atoms with Crippen molar-refractivity contribution >= 4 is 0 Å². The van der Waals surface area contributed by atoms with Crippen molar-refractivity contribution in [3.63, 3.8) is 0 Å². The number of rotatable bonds is 13. The number of hydrogen-bond donors (Lipinski definition) is 0. The fourth-order valence-electron chi connectivity index (χ4n) is 2.36. The largest absolute Gasteiger partial charge is 0.107 e. The van der Waals surface area contributed by atoms with Crippen LogP contribution in [0.3, 0.4) is 0 Å². The fourth-order valence-corrected chi connectivity index (χ4v) is 2.36. The SMILES string of the molecule is CC#CCCCCCCCCCCCCCCC. The Hall–Kier alpha value is -0.440. The zero-order chi connectivity index (χ0) is 13.3. The van der Waals surface area contributed by atoms with Crippen molar-refractivity contribution in [1.29, 1.82) is 0 Å². The maximum absolute atomic E-state index is 3.14. The van der Waals surface area contributed by atoms with E-state index in [4.69, 9.17) is 0 Å². The van der Waals surface area contributed by atoms with Crippen molar-refractivity contribution in [3.8, 4) is 11.8 Å². The van der Waals surface area contributed by atoms with E-state index in [-0.39, 0.29) is 0 Å². The molecule has 0 aliphatic rings. The molecular formula is C18H34. The molecule has 0 rings (SSSR count). The molecule has 18 heavy (non-hydrogen) atoms. The zero-order valence-electron chi connectivity index (χ0n) is 12.9. The first kappa shape index (κ1) is 17.6. The lowest BCUT2D eigenvalue weighted by molar-refractivity contribution is 0.540. The van der Waals surface area contributed by atoms with Crippen LogP contribution in [0.2, 0.25) is 0 Å². The summed E-state index contributed by atoms with van der Waals surface area (Å²) in [5.74, 6) is 6.10. The second kappa shape index (κ2) is 16.6. The molecule has 0 spiro atoms. The van der Waals surface area contributed by atoms with E-state index in [9.17, 15) is 0 Å². The summed E-state index contributed by atoms with van der Waals surface area (Å²) in [6.07, 6.45) is 19.7. The molecule has 0 aromatic carbocycles. The molecule has 0 saturated carbocycles. The zero-order valence-corrected chi connectivity index (χ0v) is 12.9. The molecule has 0 fully saturated rings. The third-order valence-electron chi connectivity index (χ3n) is 3.58. The molecule has 0 aliphatic heterocycles. The fraction of sp³-hybridized carbons (Fsp3) is 0.889. The summed E-state index contributed by atoms with van der Waals surface area (Å²) >= 11 is 0. The average Bonchev–Trinajstić information content (AvgIpc) is 2.39. The van der Waals surface area contributed by atoms with Crippen LogP contribution in [0.15, 0.2) is 0 Å². The molecule has 0 saturated heterocycles. The van der Waals surface area contributed by atoms with Crippen molar-refractivity contribution in [3.05, 3.63) is 0 Å². The van der Waals surface area contributed by atoms with E-state index in [0.29, 0.717) is 0 Å². The van der Waals surface area contributed by atoms with Gasteiger partial charge in [-0.05, 0) is 13.3 Å². The predicted octanol–water partition coefficient (Wildman–Crippen LogP) is 6.49. The quantitative estimate of drug-likeness (QED) is 0.259. The van der Waals surface area contributed by atoms with Gasteiger partial charge in [0.15, 0.2) is 0 Å². The molecule has 0 nitrogen and oxygen atoms in total. The highest BCUT2D eigenvalue weighted by Crippen LogP contribution is 2.12. The Balaban J connectivity index is 2.92. The molecular weight excluding hydrogens is 216 g/mol. The van der Waals surface area contributed by atoms with Crippen LogP contribution >= 0.6 is 0 Å². The van der Waals surface area contributed by atoms with E-state index < -0.39 is 0 Å². The first-order valence-electron chi connectivity index (χ1n) is 8.31. The summed E-state index contributed by atoms with van der Waals surface area (Å²) in [6.45, 7) is 4.22. The molecule has 0 aliphatic carbocycles. The standard InChI is InChI=1S/C18H34/c1-3-5-7-9-11-13-15-17-18-16-14-12-10-8-6-4-2/h3,5,7-18H2,1-2H3. The van der Waals surface area contributed by atoms with Gasteiger partial charge in [0.05, 0.1) is 0 Å². The third kappa shape index (κ3) is 15.6. The summed E-state index contributed by atoms with van der Waals surface area (Å²) < 4.78 is 0. The summed E-state index contributed by atoms with van der Waals surface area (Å²) in [5.41, 5.74) is 0. The number of hydrogen-bond acceptors (Lipinski definition) is 0. The Morgan fingerprint density at radius 2 is 0.944 bits per heavy atom. The molecule has 106 valence electrons. The Labute approximate surface area is 116 Å². The molecule has 0 radical (unpaired) electrons. The van der Waals surface area contributed by atoms with Crippen LogP contribution in [0.5, 0.6) is 0 Å². The first-order valence-corrected chi connectivity index (χ1v) is 8.31. The van der Waals surface area contributed by atoms with Crippen molar-refractivity contribution in [2.45, 2.75) is 104 Å². The Morgan fingerprint density at radius 1 is 0.556 bits per heavy atom. The molecule has 0 atom stereocenters. The third-order valence-corrected chi connectivity index (χ3v) is 3.58. The first-order chi connectivity index (χ1) is 8.91. The van der Waals surface area contributed by atoms with Crippen molar-refractivity contribution < 1.29 is 0 Å². The summed E-state index contributed by atoms with van der Waals surface area (Å²) in [4.78, 5) is 0. The lowest BCUT2D eigenvalue weighted by Gasteiger charge is -2.02.